The third-order valence-electron chi connectivity index (χ3n) is 6.46. The Hall–Kier alpha value is -2.49. The molecule has 1 atom stereocenters. The molecule has 0 radical (unpaired) electrons. The number of benzene rings is 2. The quantitative estimate of drug-likeness (QED) is 0.449. The van der Waals surface area contributed by atoms with Gasteiger partial charge in [-0.2, -0.15) is 0 Å². The van der Waals surface area contributed by atoms with Crippen molar-refractivity contribution in [3.8, 4) is 5.75 Å². The van der Waals surface area contributed by atoms with Crippen LogP contribution in [0.5, 0.6) is 5.75 Å². The standard InChI is InChI=1S/C26H33Cl2N3O5S/c1-18(26(33)29-21-9-5-4-6-10-21)30(16-19-8-7-11-22(14-19)36-2)25(32)17-31(37(3,34)35)24-13-12-20(27)15-23(24)28/h7-8,11-15,18,21H,4-6,9-10,16-17H2,1-3H3,(H,29,33)/t18-/m1/s1. The van der Waals surface area contributed by atoms with Gasteiger partial charge in [-0.15, -0.1) is 0 Å². The lowest BCUT2D eigenvalue weighted by Gasteiger charge is -2.33. The summed E-state index contributed by atoms with van der Waals surface area (Å²) in [6, 6.07) is 10.7. The van der Waals surface area contributed by atoms with E-state index >= 15 is 0 Å². The van der Waals surface area contributed by atoms with Gasteiger partial charge >= 0.3 is 0 Å². The predicted octanol–water partition coefficient (Wildman–Crippen LogP) is 4.63. The summed E-state index contributed by atoms with van der Waals surface area (Å²) >= 11 is 12.3. The van der Waals surface area contributed by atoms with Gasteiger partial charge in [-0.1, -0.05) is 54.6 Å². The average molecular weight is 571 g/mol. The van der Waals surface area contributed by atoms with Crippen molar-refractivity contribution in [1.82, 2.24) is 10.2 Å². The first-order valence-corrected chi connectivity index (χ1v) is 14.8. The largest absolute Gasteiger partial charge is 0.497 e. The Bertz CT molecular complexity index is 1220. The number of nitrogens with zero attached hydrogens (tertiary/aromatic N) is 2. The molecule has 37 heavy (non-hydrogen) atoms. The molecule has 11 heteroatoms. The summed E-state index contributed by atoms with van der Waals surface area (Å²) in [4.78, 5) is 28.3. The van der Waals surface area contributed by atoms with Crippen molar-refractivity contribution in [3.63, 3.8) is 0 Å². The minimum absolute atomic E-state index is 0.0675. The number of rotatable bonds is 10. The Morgan fingerprint density at radius 1 is 1.11 bits per heavy atom. The molecule has 1 N–H and O–H groups in total. The highest BCUT2D eigenvalue weighted by Crippen LogP contribution is 2.30. The maximum Gasteiger partial charge on any atom is 0.244 e. The van der Waals surface area contributed by atoms with Gasteiger partial charge in [0.1, 0.15) is 18.3 Å². The van der Waals surface area contributed by atoms with Crippen LogP contribution in [0.25, 0.3) is 0 Å². The fraction of sp³-hybridized carbons (Fsp3) is 0.462. The van der Waals surface area contributed by atoms with Crippen molar-refractivity contribution < 1.29 is 22.7 Å². The number of anilines is 1. The number of carbonyl (C=O) groups excluding carboxylic acids is 2. The van der Waals surface area contributed by atoms with Gasteiger partial charge in [0, 0.05) is 17.6 Å². The van der Waals surface area contributed by atoms with E-state index in [1.54, 1.807) is 32.2 Å². The van der Waals surface area contributed by atoms with Crippen molar-refractivity contribution in [2.24, 2.45) is 0 Å². The zero-order chi connectivity index (χ0) is 27.2. The molecule has 2 aromatic rings. The minimum Gasteiger partial charge on any atom is -0.497 e. The first-order valence-electron chi connectivity index (χ1n) is 12.1. The Morgan fingerprint density at radius 3 is 2.43 bits per heavy atom. The summed E-state index contributed by atoms with van der Waals surface area (Å²) in [5, 5.41) is 3.49. The second kappa shape index (κ2) is 12.8. The van der Waals surface area contributed by atoms with Crippen LogP contribution in [0, 0.1) is 0 Å². The maximum atomic E-state index is 13.7. The van der Waals surface area contributed by atoms with Crippen molar-refractivity contribution >= 4 is 50.7 Å². The number of nitrogens with one attached hydrogen (secondary N) is 1. The van der Waals surface area contributed by atoms with Crippen LogP contribution in [0.1, 0.15) is 44.6 Å². The Balaban J connectivity index is 1.90. The zero-order valence-electron chi connectivity index (χ0n) is 21.2. The normalized spacial score (nSPS) is 15.1. The summed E-state index contributed by atoms with van der Waals surface area (Å²) < 4.78 is 31.6. The number of amides is 2. The molecule has 0 unspecified atom stereocenters. The van der Waals surface area contributed by atoms with E-state index in [0.717, 1.165) is 48.2 Å². The topological polar surface area (TPSA) is 96.0 Å². The molecule has 8 nitrogen and oxygen atoms in total. The third kappa shape index (κ3) is 7.99. The maximum absolute atomic E-state index is 13.7. The van der Waals surface area contributed by atoms with Crippen molar-refractivity contribution in [3.05, 3.63) is 58.1 Å². The predicted molar refractivity (Wildman–Crippen MR) is 147 cm³/mol. The van der Waals surface area contributed by atoms with E-state index in [9.17, 15) is 18.0 Å². The van der Waals surface area contributed by atoms with E-state index in [2.05, 4.69) is 5.32 Å². The summed E-state index contributed by atoms with van der Waals surface area (Å²) in [6.45, 7) is 1.20. The van der Waals surface area contributed by atoms with Gasteiger partial charge in [0.05, 0.1) is 24.1 Å². The number of ether oxygens (including phenoxy) is 1. The van der Waals surface area contributed by atoms with Gasteiger partial charge in [-0.05, 0) is 55.7 Å². The molecule has 0 aliphatic heterocycles. The molecule has 0 heterocycles. The van der Waals surface area contributed by atoms with Crippen molar-refractivity contribution in [2.75, 3.05) is 24.2 Å². The molecule has 2 amide bonds. The number of methoxy groups -OCH3 is 1. The number of carbonyl (C=O) groups is 2. The zero-order valence-corrected chi connectivity index (χ0v) is 23.6. The molecule has 0 bridgehead atoms. The molecule has 0 aromatic heterocycles. The van der Waals surface area contributed by atoms with Crippen LogP contribution in [0.15, 0.2) is 42.5 Å². The highest BCUT2D eigenvalue weighted by atomic mass is 35.5. The summed E-state index contributed by atoms with van der Waals surface area (Å²) in [7, 11) is -2.35. The molecule has 1 aliphatic carbocycles. The van der Waals surface area contributed by atoms with Crippen LogP contribution in [-0.2, 0) is 26.2 Å². The summed E-state index contributed by atoms with van der Waals surface area (Å²) in [5.74, 6) is -0.223. The second-order valence-electron chi connectivity index (χ2n) is 9.26. The number of halogens is 2. The molecule has 1 aliphatic rings. The Kier molecular flexibility index (Phi) is 10.1. The molecular formula is C26H33Cl2N3O5S. The lowest BCUT2D eigenvalue weighted by atomic mass is 9.95. The Morgan fingerprint density at radius 2 is 1.81 bits per heavy atom. The molecule has 1 fully saturated rings. The molecule has 0 saturated heterocycles. The minimum atomic E-state index is -3.90. The smallest absolute Gasteiger partial charge is 0.244 e. The second-order valence-corrected chi connectivity index (χ2v) is 12.0. The van der Waals surface area contributed by atoms with Crippen molar-refractivity contribution in [1.29, 1.82) is 0 Å². The molecule has 202 valence electrons. The van der Waals surface area contributed by atoms with Crippen LogP contribution in [-0.4, -0.2) is 57.1 Å². The van der Waals surface area contributed by atoms with Gasteiger partial charge in [0.15, 0.2) is 0 Å². The van der Waals surface area contributed by atoms with Gasteiger partial charge in [-0.3, -0.25) is 13.9 Å². The fourth-order valence-electron chi connectivity index (χ4n) is 4.40. The van der Waals surface area contributed by atoms with Gasteiger partial charge in [0.2, 0.25) is 21.8 Å². The Labute approximate surface area is 228 Å². The van der Waals surface area contributed by atoms with Crippen LogP contribution in [0.2, 0.25) is 10.0 Å². The molecule has 2 aromatic carbocycles. The summed E-state index contributed by atoms with van der Waals surface area (Å²) in [5.41, 5.74) is 0.864. The van der Waals surface area contributed by atoms with E-state index in [1.807, 2.05) is 6.07 Å². The lowest BCUT2D eigenvalue weighted by Crippen LogP contribution is -2.53. The van der Waals surface area contributed by atoms with E-state index in [4.69, 9.17) is 27.9 Å². The third-order valence-corrected chi connectivity index (χ3v) is 8.13. The van der Waals surface area contributed by atoms with E-state index < -0.39 is 28.5 Å². The monoisotopic (exact) mass is 569 g/mol. The highest BCUT2D eigenvalue weighted by Gasteiger charge is 2.31. The fourth-order valence-corrected chi connectivity index (χ4v) is 5.82. The van der Waals surface area contributed by atoms with Crippen LogP contribution < -0.4 is 14.4 Å². The first-order chi connectivity index (χ1) is 17.5. The van der Waals surface area contributed by atoms with Crippen LogP contribution in [0.4, 0.5) is 5.69 Å². The van der Waals surface area contributed by atoms with Crippen LogP contribution in [0.3, 0.4) is 0 Å². The first kappa shape index (κ1) is 29.1. The van der Waals surface area contributed by atoms with Gasteiger partial charge in [0.25, 0.3) is 0 Å². The van der Waals surface area contributed by atoms with E-state index in [0.29, 0.717) is 10.8 Å². The van der Waals surface area contributed by atoms with Crippen LogP contribution >= 0.6 is 23.2 Å². The van der Waals surface area contributed by atoms with E-state index in [-0.39, 0.29) is 29.2 Å². The lowest BCUT2D eigenvalue weighted by molar-refractivity contribution is -0.139. The molecule has 0 spiro atoms. The number of sulfonamides is 1. The molecule has 1 saturated carbocycles. The highest BCUT2D eigenvalue weighted by molar-refractivity contribution is 7.92. The van der Waals surface area contributed by atoms with Gasteiger partial charge in [-0.25, -0.2) is 8.42 Å². The van der Waals surface area contributed by atoms with Gasteiger partial charge < -0.3 is 15.0 Å². The molecule has 3 rings (SSSR count). The SMILES string of the molecule is COc1cccc(CN(C(=O)CN(c2ccc(Cl)cc2Cl)S(C)(=O)=O)[C@H](C)C(=O)NC2CCCCC2)c1. The number of hydrogen-bond acceptors (Lipinski definition) is 5. The average Bonchev–Trinajstić information content (AvgIpc) is 2.86. The molecular weight excluding hydrogens is 537 g/mol. The van der Waals surface area contributed by atoms with Crippen molar-refractivity contribution in [2.45, 2.75) is 57.7 Å². The summed E-state index contributed by atoms with van der Waals surface area (Å²) in [6.07, 6.45) is 6.06. The van der Waals surface area contributed by atoms with E-state index in [1.165, 1.54) is 23.1 Å². The number of hydrogen-bond donors (Lipinski definition) is 1.